The zero-order valence-electron chi connectivity index (χ0n) is 13.0. The number of carbonyl (C=O) groups is 4. The zero-order valence-corrected chi connectivity index (χ0v) is 13.0. The largest absolute Gasteiger partial charge is 0.476 e. The molecule has 3 N–H and O–H groups in total. The minimum atomic E-state index is -1.25. The van der Waals surface area contributed by atoms with Crippen molar-refractivity contribution >= 4 is 23.7 Å². The highest BCUT2D eigenvalue weighted by atomic mass is 16.4. The number of hydrogen-bond donors (Lipinski definition) is 3. The van der Waals surface area contributed by atoms with Crippen LogP contribution in [0.15, 0.2) is 12.4 Å². The van der Waals surface area contributed by atoms with E-state index < -0.39 is 17.9 Å². The van der Waals surface area contributed by atoms with Gasteiger partial charge < -0.3 is 20.6 Å². The van der Waals surface area contributed by atoms with Gasteiger partial charge in [-0.1, -0.05) is 0 Å². The molecule has 1 atom stereocenters. The average Bonchev–Trinajstić information content (AvgIpc) is 3.08. The Kier molecular flexibility index (Phi) is 5.40. The number of rotatable bonds is 5. The summed E-state index contributed by atoms with van der Waals surface area (Å²) < 4.78 is 0. The number of aromatic nitrogens is 2. The third-order valence-corrected chi connectivity index (χ3v) is 3.63. The summed E-state index contributed by atoms with van der Waals surface area (Å²) in [7, 11) is 1.50. The van der Waals surface area contributed by atoms with E-state index in [1.54, 1.807) is 0 Å². The maximum Gasteiger partial charge on any atom is 0.356 e. The van der Waals surface area contributed by atoms with Crippen molar-refractivity contribution in [1.82, 2.24) is 25.5 Å². The van der Waals surface area contributed by atoms with Crippen LogP contribution in [0.4, 0.5) is 0 Å². The number of aromatic carboxylic acids is 1. The van der Waals surface area contributed by atoms with Gasteiger partial charge in [-0.25, -0.2) is 14.8 Å². The average molecular weight is 335 g/mol. The number of amides is 3. The Labute approximate surface area is 137 Å². The maximum absolute atomic E-state index is 12.2. The van der Waals surface area contributed by atoms with E-state index in [0.717, 1.165) is 18.8 Å². The van der Waals surface area contributed by atoms with Crippen LogP contribution in [0, 0.1) is 0 Å². The third kappa shape index (κ3) is 3.83. The molecule has 2 heterocycles. The molecule has 1 aliphatic heterocycles. The van der Waals surface area contributed by atoms with Gasteiger partial charge in [0.2, 0.25) is 11.8 Å². The molecule has 1 aromatic rings. The smallest absolute Gasteiger partial charge is 0.356 e. The van der Waals surface area contributed by atoms with Gasteiger partial charge >= 0.3 is 5.97 Å². The van der Waals surface area contributed by atoms with Crippen LogP contribution in [0.2, 0.25) is 0 Å². The Morgan fingerprint density at radius 3 is 2.50 bits per heavy atom. The molecule has 128 valence electrons. The first-order valence-corrected chi connectivity index (χ1v) is 7.28. The van der Waals surface area contributed by atoms with E-state index in [-0.39, 0.29) is 29.7 Å². The summed E-state index contributed by atoms with van der Waals surface area (Å²) in [6.07, 6.45) is 3.29. The number of carboxylic acid groups (broad SMARTS) is 1. The summed E-state index contributed by atoms with van der Waals surface area (Å²) in [5.74, 6) is -2.51. The Morgan fingerprint density at radius 2 is 1.92 bits per heavy atom. The molecular weight excluding hydrogens is 318 g/mol. The second kappa shape index (κ2) is 7.49. The van der Waals surface area contributed by atoms with Crippen molar-refractivity contribution in [2.75, 3.05) is 20.1 Å². The first-order valence-electron chi connectivity index (χ1n) is 7.28. The number of carboxylic acids is 1. The Hall–Kier alpha value is -3.04. The van der Waals surface area contributed by atoms with E-state index in [4.69, 9.17) is 5.11 Å². The van der Waals surface area contributed by atoms with Gasteiger partial charge in [-0.2, -0.15) is 0 Å². The first-order chi connectivity index (χ1) is 11.4. The van der Waals surface area contributed by atoms with Crippen molar-refractivity contribution in [2.45, 2.75) is 18.9 Å². The predicted molar refractivity (Wildman–Crippen MR) is 80.1 cm³/mol. The molecule has 1 aromatic heterocycles. The molecule has 0 radical (unpaired) electrons. The van der Waals surface area contributed by atoms with Crippen LogP contribution >= 0.6 is 0 Å². The van der Waals surface area contributed by atoms with E-state index in [1.165, 1.54) is 11.9 Å². The molecule has 1 fully saturated rings. The van der Waals surface area contributed by atoms with Gasteiger partial charge in [0.15, 0.2) is 5.69 Å². The third-order valence-electron chi connectivity index (χ3n) is 3.63. The number of carbonyl (C=O) groups excluding carboxylic acids is 3. The van der Waals surface area contributed by atoms with Crippen molar-refractivity contribution < 1.29 is 24.3 Å². The van der Waals surface area contributed by atoms with Crippen LogP contribution in [0.25, 0.3) is 0 Å². The summed E-state index contributed by atoms with van der Waals surface area (Å²) in [6, 6.07) is -0.519. The van der Waals surface area contributed by atoms with Crippen LogP contribution in [-0.4, -0.2) is 69.8 Å². The minimum Gasteiger partial charge on any atom is -0.476 e. The van der Waals surface area contributed by atoms with E-state index in [0.29, 0.717) is 13.0 Å². The molecule has 0 aromatic carbocycles. The van der Waals surface area contributed by atoms with E-state index in [2.05, 4.69) is 20.6 Å². The van der Waals surface area contributed by atoms with Crippen molar-refractivity contribution in [3.05, 3.63) is 23.8 Å². The lowest BCUT2D eigenvalue weighted by Gasteiger charge is -2.23. The molecule has 10 heteroatoms. The molecule has 2 rings (SSSR count). The topological polar surface area (TPSA) is 142 Å². The fourth-order valence-electron chi connectivity index (χ4n) is 2.41. The molecule has 1 saturated heterocycles. The van der Waals surface area contributed by atoms with Crippen LogP contribution in [0.5, 0.6) is 0 Å². The quantitative estimate of drug-likeness (QED) is 0.603. The normalized spacial score (nSPS) is 16.5. The van der Waals surface area contributed by atoms with E-state index in [9.17, 15) is 19.2 Å². The maximum atomic E-state index is 12.2. The molecule has 1 aliphatic rings. The highest BCUT2D eigenvalue weighted by Crippen LogP contribution is 2.17. The number of likely N-dealkylation sites (N-methyl/N-ethyl adjacent to an activating group) is 1. The SMILES string of the molecule is CNC(=O)C1CCCN1C(=O)CNC(=O)c1cnc(C(=O)O)cn1. The van der Waals surface area contributed by atoms with Crippen molar-refractivity contribution in [3.63, 3.8) is 0 Å². The lowest BCUT2D eigenvalue weighted by molar-refractivity contribution is -0.137. The van der Waals surface area contributed by atoms with Crippen LogP contribution < -0.4 is 10.6 Å². The highest BCUT2D eigenvalue weighted by molar-refractivity contribution is 5.96. The van der Waals surface area contributed by atoms with Gasteiger partial charge in [0.05, 0.1) is 18.9 Å². The predicted octanol–water partition coefficient (Wildman–Crippen LogP) is -1.36. The number of nitrogens with one attached hydrogen (secondary N) is 2. The molecule has 0 bridgehead atoms. The number of hydrogen-bond acceptors (Lipinski definition) is 6. The molecule has 24 heavy (non-hydrogen) atoms. The van der Waals surface area contributed by atoms with E-state index >= 15 is 0 Å². The molecule has 0 spiro atoms. The highest BCUT2D eigenvalue weighted by Gasteiger charge is 2.33. The molecule has 1 unspecified atom stereocenters. The van der Waals surface area contributed by atoms with Crippen LogP contribution in [0.3, 0.4) is 0 Å². The summed E-state index contributed by atoms with van der Waals surface area (Å²) in [5, 5.41) is 13.6. The van der Waals surface area contributed by atoms with Crippen molar-refractivity contribution in [3.8, 4) is 0 Å². The Bertz CT molecular complexity index is 660. The first kappa shape index (κ1) is 17.3. The van der Waals surface area contributed by atoms with Gasteiger partial charge in [-0.3, -0.25) is 14.4 Å². The van der Waals surface area contributed by atoms with Crippen LogP contribution in [0.1, 0.15) is 33.8 Å². The summed E-state index contributed by atoms with van der Waals surface area (Å²) in [5.41, 5.74) is -0.384. The fraction of sp³-hybridized carbons (Fsp3) is 0.429. The van der Waals surface area contributed by atoms with Gasteiger partial charge in [-0.05, 0) is 12.8 Å². The summed E-state index contributed by atoms with van der Waals surface area (Å²) >= 11 is 0. The standard InChI is InChI=1S/C14H17N5O5/c1-15-13(22)10-3-2-4-19(10)11(20)7-18-12(21)8-5-17-9(6-16-8)14(23)24/h5-6,10H,2-4,7H2,1H3,(H,15,22)(H,18,21)(H,23,24). The van der Waals surface area contributed by atoms with Gasteiger partial charge in [-0.15, -0.1) is 0 Å². The van der Waals surface area contributed by atoms with Crippen molar-refractivity contribution in [1.29, 1.82) is 0 Å². The molecule has 10 nitrogen and oxygen atoms in total. The number of likely N-dealkylation sites (tertiary alicyclic amines) is 1. The fourth-order valence-corrected chi connectivity index (χ4v) is 2.41. The Morgan fingerprint density at radius 1 is 1.25 bits per heavy atom. The van der Waals surface area contributed by atoms with Crippen molar-refractivity contribution in [2.24, 2.45) is 0 Å². The summed E-state index contributed by atoms with van der Waals surface area (Å²) in [4.78, 5) is 55.2. The lowest BCUT2D eigenvalue weighted by Crippen LogP contribution is -2.48. The minimum absolute atomic E-state index is 0.0999. The Balaban J connectivity index is 1.92. The molecule has 0 aliphatic carbocycles. The molecule has 0 saturated carbocycles. The zero-order chi connectivity index (χ0) is 17.7. The van der Waals surface area contributed by atoms with Gasteiger partial charge in [0.1, 0.15) is 11.7 Å². The summed E-state index contributed by atoms with van der Waals surface area (Å²) in [6.45, 7) is 0.175. The second-order valence-corrected chi connectivity index (χ2v) is 5.13. The van der Waals surface area contributed by atoms with Gasteiger partial charge in [0.25, 0.3) is 5.91 Å². The lowest BCUT2D eigenvalue weighted by atomic mass is 10.2. The monoisotopic (exact) mass is 335 g/mol. The molecular formula is C14H17N5O5. The molecule has 3 amide bonds. The van der Waals surface area contributed by atoms with Crippen LogP contribution in [-0.2, 0) is 9.59 Å². The second-order valence-electron chi connectivity index (χ2n) is 5.13. The van der Waals surface area contributed by atoms with Gasteiger partial charge in [0, 0.05) is 13.6 Å². The van der Waals surface area contributed by atoms with E-state index in [1.807, 2.05) is 0 Å². The number of nitrogens with zero attached hydrogens (tertiary/aromatic N) is 3.